The third-order valence-corrected chi connectivity index (χ3v) is 8.58. The first-order valence-corrected chi connectivity index (χ1v) is 13.4. The van der Waals surface area contributed by atoms with E-state index in [9.17, 15) is 8.78 Å². The molecule has 2 aromatic rings. The molecule has 1 aliphatic heterocycles. The maximum atomic E-state index is 14.7. The van der Waals surface area contributed by atoms with Crippen LogP contribution in [0.25, 0.3) is 0 Å². The zero-order valence-corrected chi connectivity index (χ0v) is 20.4. The molecule has 0 radical (unpaired) electrons. The van der Waals surface area contributed by atoms with Gasteiger partial charge in [-0.2, -0.15) is 0 Å². The number of hydrogen-bond acceptors (Lipinski definition) is 1. The Kier molecular flexibility index (Phi) is 7.49. The normalized spacial score (nSPS) is 29.4. The summed E-state index contributed by atoms with van der Waals surface area (Å²) in [5.41, 5.74) is 3.80. The van der Waals surface area contributed by atoms with Gasteiger partial charge in [0.15, 0.2) is 11.6 Å². The molecule has 1 heterocycles. The Labute approximate surface area is 203 Å². The number of ether oxygens (including phenoxy) is 1. The summed E-state index contributed by atoms with van der Waals surface area (Å²) in [6.07, 6.45) is 16.4. The summed E-state index contributed by atoms with van der Waals surface area (Å²) >= 11 is 0. The van der Waals surface area contributed by atoms with Gasteiger partial charge >= 0.3 is 0 Å². The molecule has 182 valence electrons. The Hall–Kier alpha value is -2.00. The van der Waals surface area contributed by atoms with Gasteiger partial charge in [-0.25, -0.2) is 8.78 Å². The zero-order valence-electron chi connectivity index (χ0n) is 20.4. The molecule has 1 atom stereocenters. The van der Waals surface area contributed by atoms with Crippen LogP contribution in [-0.2, 0) is 4.74 Å². The second-order valence-electron chi connectivity index (χ2n) is 10.9. The Morgan fingerprint density at radius 1 is 0.794 bits per heavy atom. The van der Waals surface area contributed by atoms with Crippen molar-refractivity contribution >= 4 is 0 Å². The molecule has 5 rings (SSSR count). The van der Waals surface area contributed by atoms with E-state index in [4.69, 9.17) is 4.74 Å². The molecule has 2 saturated carbocycles. The monoisotopic (exact) mass is 464 g/mol. The van der Waals surface area contributed by atoms with Crippen molar-refractivity contribution in [2.45, 2.75) is 89.1 Å². The van der Waals surface area contributed by atoms with Crippen LogP contribution in [0, 0.1) is 30.4 Å². The zero-order chi connectivity index (χ0) is 23.5. The van der Waals surface area contributed by atoms with Crippen LogP contribution in [0.1, 0.15) is 104 Å². The lowest BCUT2D eigenvalue weighted by molar-refractivity contribution is 0.305. The van der Waals surface area contributed by atoms with Gasteiger partial charge in [-0.15, -0.1) is 0 Å². The largest absolute Gasteiger partial charge is 0.368 e. The Bertz CT molecular complexity index is 975. The van der Waals surface area contributed by atoms with Gasteiger partial charge in [-0.1, -0.05) is 54.1 Å². The van der Waals surface area contributed by atoms with Crippen molar-refractivity contribution in [3.8, 4) is 0 Å². The first kappa shape index (κ1) is 23.7. The van der Waals surface area contributed by atoms with Crippen LogP contribution in [0.2, 0.25) is 0 Å². The first-order valence-electron chi connectivity index (χ1n) is 13.4. The molecule has 3 heteroatoms. The van der Waals surface area contributed by atoms with Crippen LogP contribution in [-0.4, -0.2) is 6.61 Å². The van der Waals surface area contributed by atoms with E-state index >= 15 is 0 Å². The number of epoxide rings is 1. The molecule has 0 N–H and O–H groups in total. The van der Waals surface area contributed by atoms with Crippen LogP contribution in [0.5, 0.6) is 0 Å². The van der Waals surface area contributed by atoms with Crippen LogP contribution in [0.3, 0.4) is 0 Å². The lowest BCUT2D eigenvalue weighted by atomic mass is 9.76. The molecule has 2 aliphatic carbocycles. The molecule has 1 saturated heterocycles. The third-order valence-electron chi connectivity index (χ3n) is 8.58. The first-order chi connectivity index (χ1) is 16.6. The summed E-state index contributed by atoms with van der Waals surface area (Å²) in [6, 6.07) is 12.6. The van der Waals surface area contributed by atoms with Gasteiger partial charge in [0.2, 0.25) is 0 Å². The summed E-state index contributed by atoms with van der Waals surface area (Å²) in [7, 11) is 0. The molecule has 3 aliphatic rings. The molecule has 0 bridgehead atoms. The van der Waals surface area contributed by atoms with Crippen molar-refractivity contribution in [1.82, 2.24) is 0 Å². The number of halogens is 2. The second kappa shape index (κ2) is 10.7. The highest BCUT2D eigenvalue weighted by atomic mass is 19.2. The Balaban J connectivity index is 1.03. The number of benzene rings is 2. The van der Waals surface area contributed by atoms with E-state index in [1.54, 1.807) is 12.1 Å². The van der Waals surface area contributed by atoms with E-state index in [0.29, 0.717) is 23.7 Å². The Morgan fingerprint density at radius 3 is 2.09 bits per heavy atom. The van der Waals surface area contributed by atoms with Crippen molar-refractivity contribution in [2.75, 3.05) is 6.61 Å². The smallest absolute Gasteiger partial charge is 0.165 e. The lowest BCUT2D eigenvalue weighted by Gasteiger charge is -2.29. The van der Waals surface area contributed by atoms with Gasteiger partial charge in [0.05, 0.1) is 6.61 Å². The molecule has 0 aromatic heterocycles. The van der Waals surface area contributed by atoms with Crippen molar-refractivity contribution in [2.24, 2.45) is 11.8 Å². The van der Waals surface area contributed by atoms with Crippen LogP contribution in [0.15, 0.2) is 48.6 Å². The van der Waals surface area contributed by atoms with Gasteiger partial charge < -0.3 is 4.74 Å². The van der Waals surface area contributed by atoms with Crippen molar-refractivity contribution < 1.29 is 13.5 Å². The maximum Gasteiger partial charge on any atom is 0.165 e. The van der Waals surface area contributed by atoms with Crippen LogP contribution in [0.4, 0.5) is 8.78 Å². The van der Waals surface area contributed by atoms with E-state index in [1.165, 1.54) is 43.2 Å². The minimum absolute atomic E-state index is 0.152. The minimum Gasteiger partial charge on any atom is -0.368 e. The molecular weight excluding hydrogens is 426 g/mol. The van der Waals surface area contributed by atoms with Gasteiger partial charge in [0.1, 0.15) is 6.10 Å². The number of allylic oxidation sites excluding steroid dienone is 2. The number of aryl methyl sites for hydroxylation is 1. The topological polar surface area (TPSA) is 12.5 Å². The summed E-state index contributed by atoms with van der Waals surface area (Å²) in [5.74, 6) is 0.998. The van der Waals surface area contributed by atoms with Gasteiger partial charge in [0.25, 0.3) is 0 Å². The average molecular weight is 465 g/mol. The summed E-state index contributed by atoms with van der Waals surface area (Å²) < 4.78 is 34.2. The third kappa shape index (κ3) is 5.62. The molecule has 0 spiro atoms. The molecule has 34 heavy (non-hydrogen) atoms. The molecule has 1 unspecified atom stereocenters. The van der Waals surface area contributed by atoms with Gasteiger partial charge in [-0.05, 0) is 106 Å². The van der Waals surface area contributed by atoms with Gasteiger partial charge in [-0.3, -0.25) is 0 Å². The van der Waals surface area contributed by atoms with Crippen LogP contribution >= 0.6 is 0 Å². The molecule has 0 amide bonds. The summed E-state index contributed by atoms with van der Waals surface area (Å²) in [6.45, 7) is 2.66. The fourth-order valence-electron chi connectivity index (χ4n) is 6.24. The highest BCUT2D eigenvalue weighted by molar-refractivity contribution is 5.32. The summed E-state index contributed by atoms with van der Waals surface area (Å²) in [5, 5.41) is 0. The SMILES string of the molecule is Cc1ccc(C2CCC(/C=C/CCC3CCC(c4ccc(C5CO5)c(F)c4F)CC3)CC2)cc1. The van der Waals surface area contributed by atoms with E-state index in [2.05, 4.69) is 43.3 Å². The maximum absolute atomic E-state index is 14.7. The predicted molar refractivity (Wildman–Crippen MR) is 134 cm³/mol. The standard InChI is InChI=1S/C31H38F2O/c1-21-6-12-24(13-7-21)25-14-8-22(9-15-25)4-2-3-5-23-10-16-26(17-11-23)27-18-19-28(29-20-34-29)31(33)30(27)32/h2,4,6-7,12-13,18-19,22-23,25-26,29H,3,5,8-11,14-17,20H2,1H3/b4-2+. The summed E-state index contributed by atoms with van der Waals surface area (Å²) in [4.78, 5) is 0. The quantitative estimate of drug-likeness (QED) is 0.294. The number of rotatable bonds is 7. The Morgan fingerprint density at radius 2 is 1.41 bits per heavy atom. The fraction of sp³-hybridized carbons (Fsp3) is 0.548. The second-order valence-corrected chi connectivity index (χ2v) is 10.9. The highest BCUT2D eigenvalue weighted by Gasteiger charge is 2.32. The van der Waals surface area contributed by atoms with Crippen molar-refractivity contribution in [3.63, 3.8) is 0 Å². The van der Waals surface area contributed by atoms with E-state index < -0.39 is 11.6 Å². The van der Waals surface area contributed by atoms with E-state index in [0.717, 1.165) is 43.9 Å². The molecule has 3 fully saturated rings. The predicted octanol–water partition coefficient (Wildman–Crippen LogP) is 8.93. The molecular formula is C31H38F2O. The average Bonchev–Trinajstić information content (AvgIpc) is 3.70. The highest BCUT2D eigenvalue weighted by Crippen LogP contribution is 2.41. The van der Waals surface area contributed by atoms with Crippen LogP contribution < -0.4 is 0 Å². The van der Waals surface area contributed by atoms with E-state index in [-0.39, 0.29) is 12.0 Å². The molecule has 1 nitrogen and oxygen atoms in total. The van der Waals surface area contributed by atoms with E-state index in [1.807, 2.05) is 0 Å². The van der Waals surface area contributed by atoms with Crippen molar-refractivity contribution in [3.05, 3.63) is 82.4 Å². The fourth-order valence-corrected chi connectivity index (χ4v) is 6.24. The molecule has 2 aromatic carbocycles. The number of hydrogen-bond donors (Lipinski definition) is 0. The lowest BCUT2D eigenvalue weighted by Crippen LogP contribution is -2.15. The minimum atomic E-state index is -0.694. The van der Waals surface area contributed by atoms with Crippen molar-refractivity contribution in [1.29, 1.82) is 0 Å². The van der Waals surface area contributed by atoms with Gasteiger partial charge in [0, 0.05) is 5.56 Å².